The summed E-state index contributed by atoms with van der Waals surface area (Å²) in [4.78, 5) is 0. The van der Waals surface area contributed by atoms with Crippen molar-refractivity contribution in [1.82, 2.24) is 0 Å². The molecule has 0 N–H and O–H groups in total. The van der Waals surface area contributed by atoms with E-state index < -0.39 is 3.79 Å². The zero-order valence-electron chi connectivity index (χ0n) is 10.0. The first-order valence-electron chi connectivity index (χ1n) is 5.86. The molecule has 0 radical (unpaired) electrons. The minimum absolute atomic E-state index is 0.246. The highest BCUT2D eigenvalue weighted by Gasteiger charge is 2.30. The van der Waals surface area contributed by atoms with Gasteiger partial charge in [0.05, 0.1) is 0 Å². The van der Waals surface area contributed by atoms with Crippen LogP contribution in [0, 0.1) is 0 Å². The number of benzene rings is 1. The fraction of sp³-hybridized carbons (Fsp3) is 0.286. The van der Waals surface area contributed by atoms with Crippen LogP contribution in [-0.4, -0.2) is 0 Å². The minimum Gasteiger partial charge on any atom is -0.445 e. The molecule has 0 unspecified atom stereocenters. The average Bonchev–Trinajstić information content (AvgIpc) is 2.72. The zero-order valence-corrected chi connectivity index (χ0v) is 13.0. The first-order valence-corrected chi connectivity index (χ1v) is 7.37. The van der Waals surface area contributed by atoms with Crippen molar-refractivity contribution in [2.45, 2.75) is 23.1 Å². The number of aryl methyl sites for hydroxylation is 2. The molecule has 1 nitrogen and oxygen atoms in total. The van der Waals surface area contributed by atoms with E-state index in [9.17, 15) is 0 Å². The minimum atomic E-state index is -1.57. The molecular weight excluding hydrogens is 326 g/mol. The van der Waals surface area contributed by atoms with E-state index in [2.05, 4.69) is 12.1 Å². The second kappa shape index (κ2) is 6.41. The molecule has 2 aromatic rings. The van der Waals surface area contributed by atoms with Crippen molar-refractivity contribution < 1.29 is 4.42 Å². The molecule has 0 amide bonds. The molecule has 0 aliphatic rings. The summed E-state index contributed by atoms with van der Waals surface area (Å²) in [5.41, 5.74) is 2.13. The second-order valence-corrected chi connectivity index (χ2v) is 6.90. The summed E-state index contributed by atoms with van der Waals surface area (Å²) in [7, 11) is 0. The van der Waals surface area contributed by atoms with Gasteiger partial charge in [0.25, 0.3) is 0 Å². The molecule has 1 heterocycles. The lowest BCUT2D eigenvalue weighted by Crippen LogP contribution is -2.02. The Hall–Kier alpha value is -0.340. The van der Waals surface area contributed by atoms with Crippen molar-refractivity contribution in [1.29, 1.82) is 0 Å². The van der Waals surface area contributed by atoms with Gasteiger partial charge in [0, 0.05) is 0 Å². The highest BCUT2D eigenvalue weighted by Crippen LogP contribution is 2.42. The van der Waals surface area contributed by atoms with Crippen LogP contribution in [0.2, 0.25) is 5.22 Å². The van der Waals surface area contributed by atoms with Crippen LogP contribution < -0.4 is 0 Å². The lowest BCUT2D eigenvalue weighted by atomic mass is 10.0. The largest absolute Gasteiger partial charge is 0.445 e. The molecule has 0 saturated heterocycles. The van der Waals surface area contributed by atoms with Crippen LogP contribution in [0.4, 0.5) is 0 Å². The molecule has 5 heteroatoms. The van der Waals surface area contributed by atoms with E-state index in [-0.39, 0.29) is 5.22 Å². The van der Waals surface area contributed by atoms with Crippen LogP contribution in [0.1, 0.15) is 23.3 Å². The number of hydrogen-bond donors (Lipinski definition) is 0. The average molecular weight is 338 g/mol. The number of furan rings is 1. The molecule has 0 bridgehead atoms. The number of alkyl halides is 3. The molecule has 2 rings (SSSR count). The monoisotopic (exact) mass is 336 g/mol. The Labute approximate surface area is 132 Å². The van der Waals surface area contributed by atoms with Gasteiger partial charge in [-0.05, 0) is 48.1 Å². The maximum Gasteiger partial charge on any atom is 0.248 e. The third-order valence-corrected chi connectivity index (χ3v) is 3.49. The van der Waals surface area contributed by atoms with Gasteiger partial charge in [-0.2, -0.15) is 0 Å². The van der Waals surface area contributed by atoms with Crippen LogP contribution in [-0.2, 0) is 16.6 Å². The van der Waals surface area contributed by atoms with Gasteiger partial charge in [-0.3, -0.25) is 0 Å². The summed E-state index contributed by atoms with van der Waals surface area (Å²) < 4.78 is 3.68. The number of rotatable bonds is 4. The zero-order chi connectivity index (χ0) is 13.9. The Balaban J connectivity index is 2.00. The second-order valence-electron chi connectivity index (χ2n) is 4.24. The highest BCUT2D eigenvalue weighted by atomic mass is 35.6. The van der Waals surface area contributed by atoms with Crippen molar-refractivity contribution in [2.75, 3.05) is 0 Å². The fourth-order valence-corrected chi connectivity index (χ4v) is 2.64. The smallest absolute Gasteiger partial charge is 0.248 e. The Morgan fingerprint density at radius 3 is 2.32 bits per heavy atom. The first-order chi connectivity index (χ1) is 8.97. The summed E-state index contributed by atoms with van der Waals surface area (Å²) in [6, 6.07) is 12.0. The fourth-order valence-electron chi connectivity index (χ4n) is 1.95. The van der Waals surface area contributed by atoms with Crippen LogP contribution in [0.25, 0.3) is 0 Å². The molecule has 0 fully saturated rings. The Morgan fingerprint density at radius 2 is 1.68 bits per heavy atom. The van der Waals surface area contributed by atoms with Gasteiger partial charge in [0.15, 0.2) is 11.0 Å². The van der Waals surface area contributed by atoms with Gasteiger partial charge in [-0.15, -0.1) is 0 Å². The van der Waals surface area contributed by atoms with E-state index in [0.717, 1.165) is 24.8 Å². The molecule has 0 aliphatic heterocycles. The lowest BCUT2D eigenvalue weighted by molar-refractivity contribution is 0.513. The molecule has 102 valence electrons. The van der Waals surface area contributed by atoms with Crippen LogP contribution in [0.15, 0.2) is 40.8 Å². The molecule has 1 aromatic carbocycles. The van der Waals surface area contributed by atoms with Crippen molar-refractivity contribution in [2.24, 2.45) is 0 Å². The molecule has 0 atom stereocenters. The molecule has 1 aromatic heterocycles. The van der Waals surface area contributed by atoms with Gasteiger partial charge < -0.3 is 4.42 Å². The van der Waals surface area contributed by atoms with Crippen molar-refractivity contribution in [3.05, 3.63) is 58.5 Å². The standard InChI is InChI=1S/C14H12Cl4O/c15-12-9-11(13(19-12)14(16,17)18)8-4-7-10-5-2-1-3-6-10/h1-3,5-6,9H,4,7-8H2. The summed E-state index contributed by atoms with van der Waals surface area (Å²) in [6.07, 6.45) is 2.66. The van der Waals surface area contributed by atoms with Gasteiger partial charge in [0.1, 0.15) is 0 Å². The Bertz CT molecular complexity index is 528. The maximum absolute atomic E-state index is 5.85. The van der Waals surface area contributed by atoms with Crippen molar-refractivity contribution in [3.63, 3.8) is 0 Å². The summed E-state index contributed by atoms with van der Waals surface area (Å²) in [6.45, 7) is 0. The summed E-state index contributed by atoms with van der Waals surface area (Å²) >= 11 is 23.4. The van der Waals surface area contributed by atoms with Gasteiger partial charge in [-0.1, -0.05) is 65.1 Å². The third-order valence-electron chi connectivity index (χ3n) is 2.79. The van der Waals surface area contributed by atoms with Crippen LogP contribution in [0.5, 0.6) is 0 Å². The normalized spacial score (nSPS) is 11.8. The quantitative estimate of drug-likeness (QED) is 0.629. The molecule has 0 spiro atoms. The first kappa shape index (κ1) is 15.1. The van der Waals surface area contributed by atoms with Gasteiger partial charge in [-0.25, -0.2) is 0 Å². The SMILES string of the molecule is Clc1cc(CCCc2ccccc2)c(C(Cl)(Cl)Cl)o1. The Morgan fingerprint density at radius 1 is 1.00 bits per heavy atom. The van der Waals surface area contributed by atoms with Crippen molar-refractivity contribution in [3.8, 4) is 0 Å². The van der Waals surface area contributed by atoms with E-state index >= 15 is 0 Å². The van der Waals surface area contributed by atoms with Crippen LogP contribution in [0.3, 0.4) is 0 Å². The topological polar surface area (TPSA) is 13.1 Å². The van der Waals surface area contributed by atoms with E-state index in [4.69, 9.17) is 50.8 Å². The maximum atomic E-state index is 5.85. The highest BCUT2D eigenvalue weighted by molar-refractivity contribution is 6.66. The van der Waals surface area contributed by atoms with Crippen LogP contribution >= 0.6 is 46.4 Å². The van der Waals surface area contributed by atoms with E-state index in [1.54, 1.807) is 6.07 Å². The molecule has 0 saturated carbocycles. The summed E-state index contributed by atoms with van der Waals surface area (Å²) in [5.74, 6) is 0.315. The summed E-state index contributed by atoms with van der Waals surface area (Å²) in [5, 5.41) is 0.246. The van der Waals surface area contributed by atoms with E-state index in [1.807, 2.05) is 18.2 Å². The van der Waals surface area contributed by atoms with Gasteiger partial charge >= 0.3 is 0 Å². The molecule has 19 heavy (non-hydrogen) atoms. The lowest BCUT2D eigenvalue weighted by Gasteiger charge is -2.10. The molecule has 0 aliphatic carbocycles. The predicted octanol–water partition coefficient (Wildman–Crippen LogP) is 5.94. The number of hydrogen-bond acceptors (Lipinski definition) is 1. The van der Waals surface area contributed by atoms with Crippen molar-refractivity contribution >= 4 is 46.4 Å². The van der Waals surface area contributed by atoms with E-state index in [1.165, 1.54) is 5.56 Å². The Kier molecular flexibility index (Phi) is 5.08. The molecular formula is C14H12Cl4O. The predicted molar refractivity (Wildman–Crippen MR) is 81.4 cm³/mol. The van der Waals surface area contributed by atoms with E-state index in [0.29, 0.717) is 5.76 Å². The number of halogens is 4. The van der Waals surface area contributed by atoms with Gasteiger partial charge in [0.2, 0.25) is 3.79 Å². The third kappa shape index (κ3) is 4.32.